The van der Waals surface area contributed by atoms with E-state index in [1.807, 2.05) is 0 Å². The van der Waals surface area contributed by atoms with Gasteiger partial charge < -0.3 is 9.74 Å². The standard InChI is InChI=1S/C17H20N2O/c1-3-7-13(8-4-1)17-15-11-19(12-16(15)20-18-17)14-9-5-2-6-10-14/h2,5-6,9-10,12-13,15H,1,3-4,7-8,11H2. The molecule has 4 rings (SSSR count). The summed E-state index contributed by atoms with van der Waals surface area (Å²) in [7, 11) is 0. The van der Waals surface area contributed by atoms with Gasteiger partial charge in [0.1, 0.15) is 0 Å². The minimum absolute atomic E-state index is 0.387. The van der Waals surface area contributed by atoms with E-state index in [4.69, 9.17) is 4.84 Å². The molecule has 0 radical (unpaired) electrons. The van der Waals surface area contributed by atoms with Crippen LogP contribution >= 0.6 is 0 Å². The third kappa shape index (κ3) is 2.01. The average Bonchev–Trinajstić information content (AvgIpc) is 3.09. The van der Waals surface area contributed by atoms with Gasteiger partial charge in [-0.3, -0.25) is 0 Å². The van der Waals surface area contributed by atoms with Crippen LogP contribution in [-0.4, -0.2) is 12.3 Å². The van der Waals surface area contributed by atoms with E-state index in [1.165, 1.54) is 43.5 Å². The minimum atomic E-state index is 0.387. The first-order valence-electron chi connectivity index (χ1n) is 7.70. The van der Waals surface area contributed by atoms with Crippen molar-refractivity contribution in [3.63, 3.8) is 0 Å². The fraction of sp³-hybridized carbons (Fsp3) is 0.471. The van der Waals surface area contributed by atoms with Gasteiger partial charge in [0, 0.05) is 24.4 Å². The Morgan fingerprint density at radius 1 is 1.05 bits per heavy atom. The predicted octanol–water partition coefficient (Wildman–Crippen LogP) is 3.93. The highest BCUT2D eigenvalue weighted by atomic mass is 16.6. The molecule has 1 aliphatic carbocycles. The summed E-state index contributed by atoms with van der Waals surface area (Å²) < 4.78 is 0. The molecule has 104 valence electrons. The van der Waals surface area contributed by atoms with Crippen molar-refractivity contribution in [2.45, 2.75) is 32.1 Å². The molecule has 0 spiro atoms. The first-order valence-corrected chi connectivity index (χ1v) is 7.70. The second kappa shape index (κ2) is 4.97. The Labute approximate surface area is 119 Å². The number of fused-ring (bicyclic) bond motifs is 1. The maximum atomic E-state index is 5.60. The van der Waals surface area contributed by atoms with Gasteiger partial charge in [-0.15, -0.1) is 0 Å². The summed E-state index contributed by atoms with van der Waals surface area (Å²) in [6.45, 7) is 0.981. The van der Waals surface area contributed by atoms with Crippen LogP contribution in [0.5, 0.6) is 0 Å². The van der Waals surface area contributed by atoms with Crippen LogP contribution in [0, 0.1) is 11.8 Å². The lowest BCUT2D eigenvalue weighted by Gasteiger charge is -2.24. The molecule has 0 saturated heterocycles. The summed E-state index contributed by atoms with van der Waals surface area (Å²) in [6, 6.07) is 10.5. The SMILES string of the molecule is C1=C2ON=C(C3CCCCC3)C2CN1c1ccccc1. The van der Waals surface area contributed by atoms with Gasteiger partial charge in [0.15, 0.2) is 5.76 Å². The van der Waals surface area contributed by atoms with Crippen LogP contribution in [0.1, 0.15) is 32.1 Å². The zero-order valence-corrected chi connectivity index (χ0v) is 11.7. The predicted molar refractivity (Wildman–Crippen MR) is 80.5 cm³/mol. The van der Waals surface area contributed by atoms with Crippen LogP contribution in [0.4, 0.5) is 5.69 Å². The van der Waals surface area contributed by atoms with Crippen molar-refractivity contribution in [1.29, 1.82) is 0 Å². The summed E-state index contributed by atoms with van der Waals surface area (Å²) in [6.07, 6.45) is 8.78. The maximum Gasteiger partial charge on any atom is 0.161 e. The zero-order chi connectivity index (χ0) is 13.4. The van der Waals surface area contributed by atoms with Crippen LogP contribution in [0.25, 0.3) is 0 Å². The van der Waals surface area contributed by atoms with Gasteiger partial charge in [-0.1, -0.05) is 42.6 Å². The molecule has 0 amide bonds. The number of nitrogens with zero attached hydrogens (tertiary/aromatic N) is 2. The zero-order valence-electron chi connectivity index (χ0n) is 11.7. The third-order valence-electron chi connectivity index (χ3n) is 4.73. The molecule has 1 fully saturated rings. The average molecular weight is 268 g/mol. The Balaban J connectivity index is 1.52. The highest BCUT2D eigenvalue weighted by Gasteiger charge is 2.39. The van der Waals surface area contributed by atoms with E-state index in [2.05, 4.69) is 46.6 Å². The smallest absolute Gasteiger partial charge is 0.161 e. The van der Waals surface area contributed by atoms with Crippen LogP contribution < -0.4 is 4.90 Å². The van der Waals surface area contributed by atoms with E-state index >= 15 is 0 Å². The molecule has 0 N–H and O–H groups in total. The lowest BCUT2D eigenvalue weighted by molar-refractivity contribution is 0.236. The topological polar surface area (TPSA) is 24.8 Å². The van der Waals surface area contributed by atoms with Gasteiger partial charge in [-0.25, -0.2) is 0 Å². The Kier molecular flexibility index (Phi) is 2.98. The minimum Gasteiger partial charge on any atom is -0.359 e. The number of para-hydroxylation sites is 1. The fourth-order valence-electron chi connectivity index (χ4n) is 3.64. The van der Waals surface area contributed by atoms with Crippen molar-refractivity contribution in [3.05, 3.63) is 42.3 Å². The molecule has 1 saturated carbocycles. The fourth-order valence-corrected chi connectivity index (χ4v) is 3.64. The van der Waals surface area contributed by atoms with Gasteiger partial charge in [0.25, 0.3) is 0 Å². The molecule has 1 aromatic rings. The second-order valence-corrected chi connectivity index (χ2v) is 6.01. The van der Waals surface area contributed by atoms with E-state index < -0.39 is 0 Å². The van der Waals surface area contributed by atoms with Crippen molar-refractivity contribution in [3.8, 4) is 0 Å². The maximum absolute atomic E-state index is 5.60. The summed E-state index contributed by atoms with van der Waals surface area (Å²) in [5.41, 5.74) is 2.54. The molecule has 3 nitrogen and oxygen atoms in total. The molecule has 0 bridgehead atoms. The molecule has 1 unspecified atom stereocenters. The van der Waals surface area contributed by atoms with E-state index in [0.717, 1.165) is 12.3 Å². The van der Waals surface area contributed by atoms with Crippen molar-refractivity contribution in [2.75, 3.05) is 11.4 Å². The second-order valence-electron chi connectivity index (χ2n) is 6.01. The molecular formula is C17H20N2O. The number of oxime groups is 1. The summed E-state index contributed by atoms with van der Waals surface area (Å²) in [5, 5.41) is 4.39. The Morgan fingerprint density at radius 2 is 1.85 bits per heavy atom. The van der Waals surface area contributed by atoms with Crippen LogP contribution in [0.15, 0.2) is 47.4 Å². The van der Waals surface area contributed by atoms with Crippen molar-refractivity contribution < 1.29 is 4.84 Å². The molecule has 0 aromatic heterocycles. The summed E-state index contributed by atoms with van der Waals surface area (Å²) in [4.78, 5) is 7.89. The van der Waals surface area contributed by atoms with Gasteiger partial charge >= 0.3 is 0 Å². The molecule has 2 heterocycles. The molecule has 20 heavy (non-hydrogen) atoms. The van der Waals surface area contributed by atoms with E-state index in [0.29, 0.717) is 11.8 Å². The van der Waals surface area contributed by atoms with Crippen LogP contribution in [0.3, 0.4) is 0 Å². The van der Waals surface area contributed by atoms with Crippen molar-refractivity contribution in [2.24, 2.45) is 17.0 Å². The van der Waals surface area contributed by atoms with Crippen LogP contribution in [0.2, 0.25) is 0 Å². The van der Waals surface area contributed by atoms with E-state index in [-0.39, 0.29) is 0 Å². The first-order chi connectivity index (χ1) is 9.92. The summed E-state index contributed by atoms with van der Waals surface area (Å²) in [5.74, 6) is 2.07. The molecule has 3 aliphatic rings. The normalized spacial score (nSPS) is 26.0. The molecule has 3 heteroatoms. The van der Waals surface area contributed by atoms with E-state index in [1.54, 1.807) is 0 Å². The highest BCUT2D eigenvalue weighted by Crippen LogP contribution is 2.38. The Hall–Kier alpha value is -1.77. The van der Waals surface area contributed by atoms with Crippen molar-refractivity contribution >= 4 is 11.4 Å². The number of anilines is 1. The lowest BCUT2D eigenvalue weighted by Crippen LogP contribution is -2.28. The molecule has 2 aliphatic heterocycles. The third-order valence-corrected chi connectivity index (χ3v) is 4.73. The largest absolute Gasteiger partial charge is 0.359 e. The summed E-state index contributed by atoms with van der Waals surface area (Å²) >= 11 is 0. The Bertz CT molecular complexity index is 543. The first kappa shape index (κ1) is 12.0. The van der Waals surface area contributed by atoms with Gasteiger partial charge in [-0.2, -0.15) is 0 Å². The van der Waals surface area contributed by atoms with Gasteiger partial charge in [0.2, 0.25) is 0 Å². The number of rotatable bonds is 2. The lowest BCUT2D eigenvalue weighted by atomic mass is 9.81. The molecule has 1 atom stereocenters. The number of benzene rings is 1. The monoisotopic (exact) mass is 268 g/mol. The van der Waals surface area contributed by atoms with Crippen LogP contribution in [-0.2, 0) is 4.84 Å². The molecule has 1 aromatic carbocycles. The van der Waals surface area contributed by atoms with Gasteiger partial charge in [-0.05, 0) is 25.0 Å². The van der Waals surface area contributed by atoms with Crippen molar-refractivity contribution in [1.82, 2.24) is 0 Å². The van der Waals surface area contributed by atoms with Gasteiger partial charge in [0.05, 0.1) is 11.6 Å². The number of hydrogen-bond donors (Lipinski definition) is 0. The quantitative estimate of drug-likeness (QED) is 0.811. The number of hydrogen-bond acceptors (Lipinski definition) is 3. The molecular weight excluding hydrogens is 248 g/mol. The Morgan fingerprint density at radius 3 is 2.65 bits per heavy atom. The van der Waals surface area contributed by atoms with E-state index in [9.17, 15) is 0 Å². The highest BCUT2D eigenvalue weighted by molar-refractivity contribution is 5.93.